The Labute approximate surface area is 133 Å². The molecule has 0 radical (unpaired) electrons. The molecule has 0 saturated carbocycles. The van der Waals surface area contributed by atoms with Gasteiger partial charge >= 0.3 is 0 Å². The summed E-state index contributed by atoms with van der Waals surface area (Å²) in [5.41, 5.74) is 5.28. The van der Waals surface area contributed by atoms with E-state index < -0.39 is 0 Å². The van der Waals surface area contributed by atoms with E-state index in [1.165, 1.54) is 0 Å². The molecule has 2 heterocycles. The highest BCUT2D eigenvalue weighted by Gasteiger charge is 2.47. The monoisotopic (exact) mass is 319 g/mol. The van der Waals surface area contributed by atoms with Crippen LogP contribution in [-0.4, -0.2) is 51.3 Å². The van der Waals surface area contributed by atoms with Gasteiger partial charge in [-0.15, -0.1) is 0 Å². The zero-order valence-electron chi connectivity index (χ0n) is 13.6. The van der Waals surface area contributed by atoms with E-state index in [9.17, 15) is 0 Å². The highest BCUT2D eigenvalue weighted by atomic mass is 32.1. The predicted octanol–water partition coefficient (Wildman–Crippen LogP) is 1.66. The maximum Gasteiger partial charge on any atom is 0.163 e. The summed E-state index contributed by atoms with van der Waals surface area (Å²) in [6.45, 7) is 11.1. The molecule has 6 heteroatoms. The molecule has 1 spiro atoms. The largest absolute Gasteiger partial charge is 0.351 e. The second-order valence-corrected chi connectivity index (χ2v) is 8.06. The van der Waals surface area contributed by atoms with Crippen LogP contribution in [0, 0.1) is 16.2 Å². The third kappa shape index (κ3) is 3.74. The zero-order chi connectivity index (χ0) is 15.7. The molecule has 0 aromatic rings. The zero-order valence-corrected chi connectivity index (χ0v) is 14.4. The van der Waals surface area contributed by atoms with Crippen LogP contribution in [0.2, 0.25) is 0 Å². The molecule has 5 nitrogen and oxygen atoms in total. The minimum Gasteiger partial charge on any atom is -0.351 e. The Morgan fingerprint density at radius 2 is 1.29 bits per heavy atom. The second kappa shape index (κ2) is 6.34. The highest BCUT2D eigenvalue weighted by molar-refractivity contribution is 7.80. The number of hydrogen-bond acceptors (Lipinski definition) is 6. The topological polar surface area (TPSA) is 62.9 Å². The normalized spacial score (nSPS) is 35.1. The van der Waals surface area contributed by atoms with Gasteiger partial charge < -0.3 is 24.7 Å². The first-order valence-electron chi connectivity index (χ1n) is 7.52. The highest BCUT2D eigenvalue weighted by Crippen LogP contribution is 2.38. The Balaban J connectivity index is 1.89. The molecule has 0 atom stereocenters. The van der Waals surface area contributed by atoms with E-state index in [1.54, 1.807) is 0 Å². The fourth-order valence-corrected chi connectivity index (χ4v) is 2.58. The molecular weight excluding hydrogens is 290 g/mol. The summed E-state index contributed by atoms with van der Waals surface area (Å²) < 4.78 is 23.6. The molecule has 2 rings (SSSR count). The van der Waals surface area contributed by atoms with Crippen molar-refractivity contribution in [2.45, 2.75) is 40.3 Å². The van der Waals surface area contributed by atoms with Crippen molar-refractivity contribution < 1.29 is 18.9 Å². The van der Waals surface area contributed by atoms with Gasteiger partial charge in [-0.2, -0.15) is 12.6 Å². The fourth-order valence-electron chi connectivity index (χ4n) is 2.43. The Morgan fingerprint density at radius 3 is 1.62 bits per heavy atom. The van der Waals surface area contributed by atoms with Crippen molar-refractivity contribution in [1.82, 2.24) is 0 Å². The molecule has 0 amide bonds. The molecule has 2 N–H and O–H groups in total. The number of rotatable bonds is 4. The molecule has 0 aromatic carbocycles. The SMILES string of the molecule is CC(C)(CN)C1OCC2(CO1)COC(C(C)(C)CS)OC2. The van der Waals surface area contributed by atoms with Gasteiger partial charge in [0.15, 0.2) is 12.6 Å². The van der Waals surface area contributed by atoms with E-state index >= 15 is 0 Å². The van der Waals surface area contributed by atoms with Crippen LogP contribution in [0.3, 0.4) is 0 Å². The lowest BCUT2D eigenvalue weighted by molar-refractivity contribution is -0.331. The van der Waals surface area contributed by atoms with E-state index in [-0.39, 0.29) is 28.8 Å². The van der Waals surface area contributed by atoms with Gasteiger partial charge in [0.1, 0.15) is 0 Å². The lowest BCUT2D eigenvalue weighted by Gasteiger charge is -2.48. The van der Waals surface area contributed by atoms with Gasteiger partial charge in [0.2, 0.25) is 0 Å². The molecule has 0 unspecified atom stereocenters. The first kappa shape index (κ1) is 17.5. The predicted molar refractivity (Wildman–Crippen MR) is 84.3 cm³/mol. The van der Waals surface area contributed by atoms with Gasteiger partial charge in [0.25, 0.3) is 0 Å². The van der Waals surface area contributed by atoms with Gasteiger partial charge in [0, 0.05) is 23.1 Å². The maximum atomic E-state index is 5.92. The molecule has 2 aliphatic rings. The van der Waals surface area contributed by atoms with Crippen molar-refractivity contribution >= 4 is 12.6 Å². The molecule has 124 valence electrons. The third-order valence-corrected chi connectivity index (χ3v) is 5.19. The summed E-state index contributed by atoms with van der Waals surface area (Å²) in [6, 6.07) is 0. The average molecular weight is 319 g/mol. The van der Waals surface area contributed by atoms with Crippen LogP contribution in [0.1, 0.15) is 27.7 Å². The van der Waals surface area contributed by atoms with Crippen molar-refractivity contribution in [3.63, 3.8) is 0 Å². The standard InChI is InChI=1S/C15H29NO4S/c1-13(2,5-16)11-17-6-15(7-18-11)8-19-12(20-9-15)14(3,4)10-21/h11-12,21H,5-10,16H2,1-4H3. The van der Waals surface area contributed by atoms with Crippen molar-refractivity contribution in [3.8, 4) is 0 Å². The minimum atomic E-state index is -0.264. The van der Waals surface area contributed by atoms with E-state index in [2.05, 4.69) is 40.3 Å². The quantitative estimate of drug-likeness (QED) is 0.772. The van der Waals surface area contributed by atoms with E-state index in [0.717, 1.165) is 0 Å². The molecular formula is C15H29NO4S. The van der Waals surface area contributed by atoms with E-state index in [1.807, 2.05) is 0 Å². The van der Waals surface area contributed by atoms with Crippen LogP contribution in [0.5, 0.6) is 0 Å². The number of thiol groups is 1. The maximum absolute atomic E-state index is 5.92. The molecule has 0 bridgehead atoms. The second-order valence-electron chi connectivity index (χ2n) is 7.75. The number of hydrogen-bond donors (Lipinski definition) is 2. The Kier molecular flexibility index (Phi) is 5.28. The Bertz CT molecular complexity index is 308. The van der Waals surface area contributed by atoms with Crippen molar-refractivity contribution in [3.05, 3.63) is 0 Å². The van der Waals surface area contributed by atoms with Gasteiger partial charge in [0.05, 0.1) is 31.8 Å². The summed E-state index contributed by atoms with van der Waals surface area (Å²) in [7, 11) is 0. The third-order valence-electron chi connectivity index (χ3n) is 4.37. The number of ether oxygens (including phenoxy) is 4. The van der Waals surface area contributed by atoms with Gasteiger partial charge in [-0.05, 0) is 0 Å². The van der Waals surface area contributed by atoms with Crippen LogP contribution in [0.25, 0.3) is 0 Å². The summed E-state index contributed by atoms with van der Waals surface area (Å²) in [6.07, 6.45) is -0.487. The van der Waals surface area contributed by atoms with Gasteiger partial charge in [-0.3, -0.25) is 0 Å². The molecule has 0 aliphatic carbocycles. The van der Waals surface area contributed by atoms with Crippen LogP contribution >= 0.6 is 12.6 Å². The molecule has 0 aromatic heterocycles. The number of nitrogens with two attached hydrogens (primary N) is 1. The van der Waals surface area contributed by atoms with E-state index in [4.69, 9.17) is 24.7 Å². The first-order valence-corrected chi connectivity index (χ1v) is 8.15. The van der Waals surface area contributed by atoms with Crippen LogP contribution in [0.15, 0.2) is 0 Å². The molecule has 2 fully saturated rings. The van der Waals surface area contributed by atoms with Crippen LogP contribution < -0.4 is 5.73 Å². The van der Waals surface area contributed by atoms with Crippen molar-refractivity contribution in [2.75, 3.05) is 38.7 Å². The lowest BCUT2D eigenvalue weighted by atomic mass is 9.86. The van der Waals surface area contributed by atoms with Crippen molar-refractivity contribution in [2.24, 2.45) is 22.0 Å². The summed E-state index contributed by atoms with van der Waals surface area (Å²) in [5, 5.41) is 0. The molecule has 2 aliphatic heterocycles. The van der Waals surface area contributed by atoms with Crippen LogP contribution in [0.4, 0.5) is 0 Å². The van der Waals surface area contributed by atoms with Gasteiger partial charge in [-0.25, -0.2) is 0 Å². The average Bonchev–Trinajstić information content (AvgIpc) is 2.48. The van der Waals surface area contributed by atoms with E-state index in [0.29, 0.717) is 38.7 Å². The van der Waals surface area contributed by atoms with Gasteiger partial charge in [-0.1, -0.05) is 27.7 Å². The Morgan fingerprint density at radius 1 is 0.905 bits per heavy atom. The van der Waals surface area contributed by atoms with Crippen molar-refractivity contribution in [1.29, 1.82) is 0 Å². The fraction of sp³-hybridized carbons (Fsp3) is 1.00. The minimum absolute atomic E-state index is 0.106. The first-order chi connectivity index (χ1) is 9.75. The smallest absolute Gasteiger partial charge is 0.163 e. The summed E-state index contributed by atoms with van der Waals surface area (Å²) in [4.78, 5) is 0. The molecule has 21 heavy (non-hydrogen) atoms. The summed E-state index contributed by atoms with van der Waals surface area (Å²) in [5.74, 6) is 0.713. The van der Waals surface area contributed by atoms with Crippen LogP contribution in [-0.2, 0) is 18.9 Å². The summed E-state index contributed by atoms with van der Waals surface area (Å²) >= 11 is 4.36. The Hall–Kier alpha value is 0.150. The lowest BCUT2D eigenvalue weighted by Crippen LogP contribution is -2.57. The molecule has 2 saturated heterocycles.